The topological polar surface area (TPSA) is 53.3 Å². The Kier molecular flexibility index (Phi) is 5.19. The molecule has 1 aromatic rings. The van der Waals surface area contributed by atoms with Gasteiger partial charge < -0.3 is 9.64 Å². The highest BCUT2D eigenvalue weighted by molar-refractivity contribution is 6.01. The van der Waals surface area contributed by atoms with E-state index in [1.54, 1.807) is 38.4 Å². The zero-order valence-corrected chi connectivity index (χ0v) is 10.9. The normalized spacial score (nSPS) is 10.2. The lowest BCUT2D eigenvalue weighted by atomic mass is 10.1. The van der Waals surface area contributed by atoms with Gasteiger partial charge in [0.05, 0.1) is 0 Å². The highest BCUT2D eigenvalue weighted by atomic mass is 16.5. The lowest BCUT2D eigenvalue weighted by Gasteiger charge is -2.08. The third kappa shape index (κ3) is 4.22. The molecule has 0 aliphatic carbocycles. The minimum atomic E-state index is -0.324. The first-order chi connectivity index (χ1) is 9.08. The highest BCUT2D eigenvalue weighted by Gasteiger charge is 2.10. The van der Waals surface area contributed by atoms with Crippen LogP contribution in [-0.4, -0.2) is 31.5 Å². The minimum absolute atomic E-state index is 0.0855. The molecule has 96 valence electrons. The zero-order chi connectivity index (χ0) is 14.3. The van der Waals surface area contributed by atoms with Crippen LogP contribution in [0.4, 0.5) is 0 Å². The van der Waals surface area contributed by atoms with Crippen LogP contribution in [0.3, 0.4) is 0 Å². The van der Waals surface area contributed by atoms with Gasteiger partial charge in [0.2, 0.25) is 0 Å². The fraction of sp³-hybridized carbons (Fsp3) is 0.200. The van der Waals surface area contributed by atoms with Gasteiger partial charge in [-0.05, 0) is 23.8 Å². The molecule has 0 bridgehead atoms. The van der Waals surface area contributed by atoms with E-state index < -0.39 is 0 Å². The van der Waals surface area contributed by atoms with E-state index >= 15 is 0 Å². The molecule has 4 heteroatoms. The fourth-order valence-electron chi connectivity index (χ4n) is 1.33. The first-order valence-corrected chi connectivity index (χ1v) is 5.58. The standard InChI is InChI=1S/C15H14N2O2/c1-4-9-19-14-7-5-12(6-8-14)10-13(11-16)15(18)17(2)3/h1,5-8,10H,9H2,2-3H3/b13-10-. The van der Waals surface area contributed by atoms with Crippen LogP contribution in [0.1, 0.15) is 5.56 Å². The quantitative estimate of drug-likeness (QED) is 0.467. The monoisotopic (exact) mass is 254 g/mol. The van der Waals surface area contributed by atoms with Gasteiger partial charge in [-0.3, -0.25) is 4.79 Å². The van der Waals surface area contributed by atoms with Crippen molar-refractivity contribution in [3.63, 3.8) is 0 Å². The number of nitrogens with zero attached hydrogens (tertiary/aromatic N) is 2. The van der Waals surface area contributed by atoms with Crippen molar-refractivity contribution >= 4 is 12.0 Å². The molecular formula is C15H14N2O2. The van der Waals surface area contributed by atoms with Gasteiger partial charge in [-0.2, -0.15) is 5.26 Å². The molecule has 0 unspecified atom stereocenters. The first kappa shape index (κ1) is 14.3. The number of rotatable bonds is 4. The summed E-state index contributed by atoms with van der Waals surface area (Å²) < 4.78 is 5.23. The average molecular weight is 254 g/mol. The van der Waals surface area contributed by atoms with Crippen molar-refractivity contribution < 1.29 is 9.53 Å². The maximum atomic E-state index is 11.7. The van der Waals surface area contributed by atoms with Crippen LogP contribution in [0.5, 0.6) is 5.75 Å². The third-order valence-electron chi connectivity index (χ3n) is 2.27. The lowest BCUT2D eigenvalue weighted by molar-refractivity contribution is -0.124. The van der Waals surface area contributed by atoms with E-state index in [1.165, 1.54) is 11.0 Å². The van der Waals surface area contributed by atoms with Gasteiger partial charge in [0.25, 0.3) is 5.91 Å². The zero-order valence-electron chi connectivity index (χ0n) is 10.9. The van der Waals surface area contributed by atoms with Crippen molar-refractivity contribution in [3.05, 3.63) is 35.4 Å². The van der Waals surface area contributed by atoms with E-state index in [1.807, 2.05) is 6.07 Å². The van der Waals surface area contributed by atoms with Gasteiger partial charge >= 0.3 is 0 Å². The number of carbonyl (C=O) groups excluding carboxylic acids is 1. The van der Waals surface area contributed by atoms with Gasteiger partial charge in [0.15, 0.2) is 0 Å². The van der Waals surface area contributed by atoms with Crippen LogP contribution in [0.15, 0.2) is 29.8 Å². The summed E-state index contributed by atoms with van der Waals surface area (Å²) in [4.78, 5) is 13.0. The summed E-state index contributed by atoms with van der Waals surface area (Å²) in [6, 6.07) is 8.87. The number of amides is 1. The lowest BCUT2D eigenvalue weighted by Crippen LogP contribution is -2.22. The van der Waals surface area contributed by atoms with E-state index in [2.05, 4.69) is 5.92 Å². The molecule has 0 fully saturated rings. The summed E-state index contributed by atoms with van der Waals surface area (Å²) in [6.45, 7) is 0.206. The average Bonchev–Trinajstić information content (AvgIpc) is 2.43. The van der Waals surface area contributed by atoms with Crippen LogP contribution in [0, 0.1) is 23.7 Å². The van der Waals surface area contributed by atoms with E-state index in [9.17, 15) is 4.79 Å². The van der Waals surface area contributed by atoms with Crippen LogP contribution in [-0.2, 0) is 4.79 Å². The summed E-state index contributed by atoms with van der Waals surface area (Å²) in [6.07, 6.45) is 6.62. The Hall–Kier alpha value is -2.72. The summed E-state index contributed by atoms with van der Waals surface area (Å²) in [5.41, 5.74) is 0.835. The van der Waals surface area contributed by atoms with Crippen molar-refractivity contribution in [2.45, 2.75) is 0 Å². The molecule has 0 aliphatic rings. The summed E-state index contributed by atoms with van der Waals surface area (Å²) in [5.74, 6) is 2.69. The Morgan fingerprint density at radius 2 is 2.05 bits per heavy atom. The Morgan fingerprint density at radius 1 is 1.42 bits per heavy atom. The molecular weight excluding hydrogens is 240 g/mol. The SMILES string of the molecule is C#CCOc1ccc(/C=C(/C#N)C(=O)N(C)C)cc1. The Morgan fingerprint density at radius 3 is 2.53 bits per heavy atom. The van der Waals surface area contributed by atoms with Gasteiger partial charge in [-0.15, -0.1) is 6.42 Å². The molecule has 1 rings (SSSR count). The second-order valence-electron chi connectivity index (χ2n) is 3.93. The van der Waals surface area contributed by atoms with Crippen molar-refractivity contribution in [2.75, 3.05) is 20.7 Å². The molecule has 0 saturated carbocycles. The summed E-state index contributed by atoms with van der Waals surface area (Å²) in [7, 11) is 3.20. The molecule has 1 aromatic carbocycles. The van der Waals surface area contributed by atoms with Crippen LogP contribution >= 0.6 is 0 Å². The molecule has 19 heavy (non-hydrogen) atoms. The van der Waals surface area contributed by atoms with Gasteiger partial charge in [0, 0.05) is 14.1 Å². The Bertz CT molecular complexity index is 557. The van der Waals surface area contributed by atoms with Crippen LogP contribution in [0.2, 0.25) is 0 Å². The molecule has 4 nitrogen and oxygen atoms in total. The van der Waals surface area contributed by atoms with E-state index in [4.69, 9.17) is 16.4 Å². The van der Waals surface area contributed by atoms with Crippen molar-refractivity contribution in [3.8, 4) is 24.2 Å². The number of ether oxygens (including phenoxy) is 1. The summed E-state index contributed by atoms with van der Waals surface area (Å²) >= 11 is 0. The predicted molar refractivity (Wildman–Crippen MR) is 73.1 cm³/mol. The number of benzene rings is 1. The van der Waals surface area contributed by atoms with Gasteiger partial charge in [0.1, 0.15) is 24.0 Å². The largest absolute Gasteiger partial charge is 0.481 e. The molecule has 0 spiro atoms. The highest BCUT2D eigenvalue weighted by Crippen LogP contribution is 2.15. The second-order valence-corrected chi connectivity index (χ2v) is 3.93. The van der Waals surface area contributed by atoms with Gasteiger partial charge in [-0.1, -0.05) is 18.1 Å². The molecule has 0 aliphatic heterocycles. The molecule has 0 saturated heterocycles. The van der Waals surface area contributed by atoms with Crippen LogP contribution < -0.4 is 4.74 Å². The molecule has 1 amide bonds. The molecule has 0 heterocycles. The molecule has 0 aromatic heterocycles. The Labute approximate surface area is 112 Å². The number of nitriles is 1. The molecule has 0 N–H and O–H groups in total. The molecule has 0 atom stereocenters. The molecule has 0 radical (unpaired) electrons. The second kappa shape index (κ2) is 6.88. The fourth-order valence-corrected chi connectivity index (χ4v) is 1.33. The summed E-state index contributed by atoms with van der Waals surface area (Å²) in [5, 5.41) is 8.96. The number of carbonyl (C=O) groups is 1. The van der Waals surface area contributed by atoms with Gasteiger partial charge in [-0.25, -0.2) is 0 Å². The van der Waals surface area contributed by atoms with E-state index in [-0.39, 0.29) is 18.1 Å². The van der Waals surface area contributed by atoms with Crippen molar-refractivity contribution in [1.29, 1.82) is 5.26 Å². The minimum Gasteiger partial charge on any atom is -0.481 e. The number of hydrogen-bond acceptors (Lipinski definition) is 3. The maximum Gasteiger partial charge on any atom is 0.264 e. The van der Waals surface area contributed by atoms with Crippen LogP contribution in [0.25, 0.3) is 6.08 Å². The predicted octanol–water partition coefficient (Wildman–Crippen LogP) is 1.69. The number of hydrogen-bond donors (Lipinski definition) is 0. The third-order valence-corrected chi connectivity index (χ3v) is 2.27. The van der Waals surface area contributed by atoms with Crippen molar-refractivity contribution in [1.82, 2.24) is 4.90 Å². The van der Waals surface area contributed by atoms with E-state index in [0.29, 0.717) is 5.75 Å². The maximum absolute atomic E-state index is 11.7. The smallest absolute Gasteiger partial charge is 0.264 e. The number of likely N-dealkylation sites (N-methyl/N-ethyl adjacent to an activating group) is 1. The Balaban J connectivity index is 2.89. The van der Waals surface area contributed by atoms with Crippen molar-refractivity contribution in [2.24, 2.45) is 0 Å². The number of terminal acetylenes is 1. The van der Waals surface area contributed by atoms with E-state index in [0.717, 1.165) is 5.56 Å². The first-order valence-electron chi connectivity index (χ1n) is 5.58.